The highest BCUT2D eigenvalue weighted by molar-refractivity contribution is 5.71. The lowest BCUT2D eigenvalue weighted by Gasteiger charge is -2.18. The number of ether oxygens (including phenoxy) is 3. The Labute approximate surface area is 364 Å². The van der Waals surface area contributed by atoms with Gasteiger partial charge in [-0.1, -0.05) is 178 Å². The van der Waals surface area contributed by atoms with Crippen LogP contribution in [0.5, 0.6) is 0 Å². The second-order valence-corrected chi connectivity index (χ2v) is 16.3. The number of hydrogen-bond acceptors (Lipinski definition) is 6. The van der Waals surface area contributed by atoms with Crippen molar-refractivity contribution in [3.63, 3.8) is 0 Å². The van der Waals surface area contributed by atoms with Crippen LogP contribution in [-0.2, 0) is 28.6 Å². The van der Waals surface area contributed by atoms with Crippen LogP contribution in [0.1, 0.15) is 239 Å². The molecule has 0 aliphatic heterocycles. The number of unbranched alkanes of at least 4 members (excludes halogenated alkanes) is 23. The van der Waals surface area contributed by atoms with Gasteiger partial charge in [0.15, 0.2) is 6.10 Å². The Morgan fingerprint density at radius 1 is 0.356 bits per heavy atom. The van der Waals surface area contributed by atoms with Gasteiger partial charge in [0.2, 0.25) is 0 Å². The Kier molecular flexibility index (Phi) is 45.4. The van der Waals surface area contributed by atoms with Crippen LogP contribution in [0.25, 0.3) is 0 Å². The zero-order valence-corrected chi connectivity index (χ0v) is 38.8. The smallest absolute Gasteiger partial charge is 0.306 e. The summed E-state index contributed by atoms with van der Waals surface area (Å²) in [5.41, 5.74) is 0. The summed E-state index contributed by atoms with van der Waals surface area (Å²) in [6, 6.07) is 0. The van der Waals surface area contributed by atoms with Crippen molar-refractivity contribution in [1.82, 2.24) is 0 Å². The highest BCUT2D eigenvalue weighted by Gasteiger charge is 2.19. The van der Waals surface area contributed by atoms with E-state index in [1.54, 1.807) is 0 Å². The lowest BCUT2D eigenvalue weighted by molar-refractivity contribution is -0.167. The summed E-state index contributed by atoms with van der Waals surface area (Å²) in [5.74, 6) is -0.921. The molecule has 0 bridgehead atoms. The minimum Gasteiger partial charge on any atom is -0.462 e. The van der Waals surface area contributed by atoms with Crippen molar-refractivity contribution in [3.8, 4) is 0 Å². The molecule has 0 heterocycles. The number of carbonyl (C=O) groups is 3. The summed E-state index contributed by atoms with van der Waals surface area (Å²) in [6.45, 7) is 6.46. The van der Waals surface area contributed by atoms with Gasteiger partial charge in [0.1, 0.15) is 13.2 Å². The first kappa shape index (κ1) is 56.1. The third-order valence-corrected chi connectivity index (χ3v) is 10.5. The van der Waals surface area contributed by atoms with Gasteiger partial charge in [0.25, 0.3) is 0 Å². The quantitative estimate of drug-likeness (QED) is 0.0263. The van der Waals surface area contributed by atoms with E-state index in [0.717, 1.165) is 116 Å². The minimum atomic E-state index is -0.787. The molecule has 0 aromatic carbocycles. The van der Waals surface area contributed by atoms with Crippen LogP contribution in [0.3, 0.4) is 0 Å². The van der Waals surface area contributed by atoms with Gasteiger partial charge in [-0.2, -0.15) is 0 Å². The minimum absolute atomic E-state index is 0.0876. The van der Waals surface area contributed by atoms with Gasteiger partial charge in [-0.3, -0.25) is 14.4 Å². The second-order valence-electron chi connectivity index (χ2n) is 16.3. The monoisotopic (exact) mass is 825 g/mol. The van der Waals surface area contributed by atoms with Crippen molar-refractivity contribution in [2.24, 2.45) is 0 Å². The van der Waals surface area contributed by atoms with E-state index >= 15 is 0 Å². The molecule has 0 saturated carbocycles. The maximum atomic E-state index is 12.8. The lowest BCUT2D eigenvalue weighted by atomic mass is 10.1. The molecule has 0 aliphatic rings. The molecule has 0 aliphatic carbocycles. The van der Waals surface area contributed by atoms with E-state index in [1.165, 1.54) is 83.5 Å². The van der Waals surface area contributed by atoms with Crippen molar-refractivity contribution in [2.45, 2.75) is 245 Å². The van der Waals surface area contributed by atoms with Gasteiger partial charge in [-0.05, 0) is 103 Å². The van der Waals surface area contributed by atoms with Gasteiger partial charge >= 0.3 is 17.9 Å². The normalized spacial score (nSPS) is 12.5. The molecule has 1 atom stereocenters. The summed E-state index contributed by atoms with van der Waals surface area (Å²) in [6.07, 6.45) is 57.7. The molecule has 0 spiro atoms. The van der Waals surface area contributed by atoms with Gasteiger partial charge in [0, 0.05) is 19.3 Å². The van der Waals surface area contributed by atoms with E-state index < -0.39 is 6.10 Å². The number of carbonyl (C=O) groups excluding carboxylic acids is 3. The van der Waals surface area contributed by atoms with Gasteiger partial charge in [-0.15, -0.1) is 0 Å². The molecule has 6 heteroatoms. The van der Waals surface area contributed by atoms with Crippen LogP contribution < -0.4 is 0 Å². The SMILES string of the molecule is CC/C=C\C/C=C\C/C=C\CCCCCCCC(=O)OCC(COC(=O)CCCCCCC/C=C\CCCCC)OC(=O)CCCCCCC/C=C\CCCCCCC. The third-order valence-electron chi connectivity index (χ3n) is 10.5. The maximum absolute atomic E-state index is 12.8. The number of rotatable bonds is 44. The summed E-state index contributed by atoms with van der Waals surface area (Å²) in [5, 5.41) is 0. The standard InChI is InChI=1S/C53H92O6/c1-4-7-10-13-16-19-22-25-27-29-31-34-37-40-43-46-52(55)58-49-50(48-57-51(54)45-42-39-36-33-30-24-21-18-15-12-9-6-3)59-53(56)47-44-41-38-35-32-28-26-23-20-17-14-11-8-5-2/h7,10,16,18-19,21,23,25-27,50H,4-6,8-9,11-15,17,20,22,24,28-49H2,1-3H3/b10-7-,19-16-,21-18-,26-23-,27-25-. The Morgan fingerprint density at radius 2 is 0.661 bits per heavy atom. The molecule has 6 nitrogen and oxygen atoms in total. The van der Waals surface area contributed by atoms with Crippen LogP contribution in [0.15, 0.2) is 60.8 Å². The molecular weight excluding hydrogens is 733 g/mol. The maximum Gasteiger partial charge on any atom is 0.306 e. The topological polar surface area (TPSA) is 78.9 Å². The Balaban J connectivity index is 4.43. The predicted octanol–water partition coefficient (Wildman–Crippen LogP) is 16.1. The molecule has 0 rings (SSSR count). The van der Waals surface area contributed by atoms with Crippen LogP contribution >= 0.6 is 0 Å². The van der Waals surface area contributed by atoms with Gasteiger partial charge < -0.3 is 14.2 Å². The summed E-state index contributed by atoms with van der Waals surface area (Å²) < 4.78 is 16.7. The molecule has 0 aromatic rings. The zero-order valence-electron chi connectivity index (χ0n) is 38.8. The number of allylic oxidation sites excluding steroid dienone is 10. The molecule has 0 radical (unpaired) electrons. The molecule has 340 valence electrons. The first-order valence-electron chi connectivity index (χ1n) is 24.8. The van der Waals surface area contributed by atoms with Crippen LogP contribution in [0.2, 0.25) is 0 Å². The molecule has 1 unspecified atom stereocenters. The predicted molar refractivity (Wildman–Crippen MR) is 251 cm³/mol. The molecule has 0 amide bonds. The largest absolute Gasteiger partial charge is 0.462 e. The van der Waals surface area contributed by atoms with E-state index in [1.807, 2.05) is 0 Å². The fourth-order valence-corrected chi connectivity index (χ4v) is 6.74. The van der Waals surface area contributed by atoms with Crippen molar-refractivity contribution < 1.29 is 28.6 Å². The lowest BCUT2D eigenvalue weighted by Crippen LogP contribution is -2.30. The Bertz CT molecular complexity index is 1090. The molecule has 59 heavy (non-hydrogen) atoms. The average Bonchev–Trinajstić information content (AvgIpc) is 3.23. The highest BCUT2D eigenvalue weighted by atomic mass is 16.6. The molecular formula is C53H92O6. The van der Waals surface area contributed by atoms with Crippen molar-refractivity contribution in [3.05, 3.63) is 60.8 Å². The zero-order chi connectivity index (χ0) is 43.0. The molecule has 0 N–H and O–H groups in total. The van der Waals surface area contributed by atoms with E-state index in [0.29, 0.717) is 19.3 Å². The summed E-state index contributed by atoms with van der Waals surface area (Å²) in [4.78, 5) is 37.9. The average molecular weight is 825 g/mol. The van der Waals surface area contributed by atoms with Crippen LogP contribution in [-0.4, -0.2) is 37.2 Å². The van der Waals surface area contributed by atoms with Gasteiger partial charge in [0.05, 0.1) is 0 Å². The molecule has 0 fully saturated rings. The highest BCUT2D eigenvalue weighted by Crippen LogP contribution is 2.13. The van der Waals surface area contributed by atoms with Crippen molar-refractivity contribution in [1.29, 1.82) is 0 Å². The fraction of sp³-hybridized carbons (Fsp3) is 0.755. The number of hydrogen-bond donors (Lipinski definition) is 0. The first-order valence-corrected chi connectivity index (χ1v) is 24.8. The number of esters is 3. The van der Waals surface area contributed by atoms with E-state index in [9.17, 15) is 14.4 Å². The Morgan fingerprint density at radius 3 is 1.08 bits per heavy atom. The van der Waals surface area contributed by atoms with E-state index in [4.69, 9.17) is 14.2 Å². The summed E-state index contributed by atoms with van der Waals surface area (Å²) in [7, 11) is 0. The van der Waals surface area contributed by atoms with Crippen LogP contribution in [0.4, 0.5) is 0 Å². The second kappa shape index (κ2) is 47.8. The van der Waals surface area contributed by atoms with E-state index in [2.05, 4.69) is 81.5 Å². The fourth-order valence-electron chi connectivity index (χ4n) is 6.74. The first-order chi connectivity index (χ1) is 29.0. The Hall–Kier alpha value is -2.89. The van der Waals surface area contributed by atoms with Gasteiger partial charge in [-0.25, -0.2) is 0 Å². The van der Waals surface area contributed by atoms with Crippen LogP contribution in [0, 0.1) is 0 Å². The van der Waals surface area contributed by atoms with Crippen molar-refractivity contribution >= 4 is 17.9 Å². The molecule has 0 saturated heterocycles. The summed E-state index contributed by atoms with van der Waals surface area (Å²) >= 11 is 0. The van der Waals surface area contributed by atoms with Crippen molar-refractivity contribution in [2.75, 3.05) is 13.2 Å². The van der Waals surface area contributed by atoms with E-state index in [-0.39, 0.29) is 31.1 Å². The molecule has 0 aromatic heterocycles. The third kappa shape index (κ3) is 46.0.